The van der Waals surface area contributed by atoms with Crippen molar-refractivity contribution in [2.75, 3.05) is 0 Å². The molecule has 0 aliphatic heterocycles. The highest BCUT2D eigenvalue weighted by Gasteiger charge is 2.48. The molecular weight excluding hydrogens is 140 g/mol. The molecule has 0 aromatic carbocycles. The molecule has 2 bridgehead atoms. The van der Waals surface area contributed by atoms with Crippen LogP contribution < -0.4 is 0 Å². The van der Waals surface area contributed by atoms with E-state index < -0.39 is 11.4 Å². The average molecular weight is 153 g/mol. The van der Waals surface area contributed by atoms with E-state index in [1.165, 1.54) is 6.42 Å². The molecule has 0 saturated heterocycles. The Hall–Kier alpha value is -0.530. The van der Waals surface area contributed by atoms with Crippen LogP contribution in [0.15, 0.2) is 0 Å². The number of hydrogen-bond acceptors (Lipinski definition) is 1. The summed E-state index contributed by atoms with van der Waals surface area (Å²) in [4.78, 5) is 10.8. The molecule has 11 heavy (non-hydrogen) atoms. The number of rotatable bonds is 1. The monoisotopic (exact) mass is 153 g/mol. The Morgan fingerprint density at radius 1 is 1.27 bits per heavy atom. The van der Waals surface area contributed by atoms with Gasteiger partial charge in [0.25, 0.3) is 0 Å². The van der Waals surface area contributed by atoms with Gasteiger partial charge >= 0.3 is 5.97 Å². The fraction of sp³-hybridized carbons (Fsp3) is 0.889. The minimum Gasteiger partial charge on any atom is -0.247 e. The lowest BCUT2D eigenvalue weighted by Crippen LogP contribution is -2.29. The van der Waals surface area contributed by atoms with Gasteiger partial charge < -0.3 is 0 Å². The average Bonchev–Trinajstić information content (AvgIpc) is 2.29. The van der Waals surface area contributed by atoms with Crippen LogP contribution in [0.3, 0.4) is 0 Å². The quantitative estimate of drug-likeness (QED) is 0.567. The van der Waals surface area contributed by atoms with Crippen LogP contribution in [0.4, 0.5) is 0 Å². The molecule has 0 amide bonds. The Morgan fingerprint density at radius 2 is 2.09 bits per heavy atom. The molecule has 2 saturated carbocycles. The molecule has 0 aromatic heterocycles. The van der Waals surface area contributed by atoms with Crippen LogP contribution in [0.2, 0.25) is 0 Å². The van der Waals surface area contributed by atoms with Crippen molar-refractivity contribution in [2.45, 2.75) is 38.5 Å². The Bertz CT molecular complexity index is 184. The Morgan fingerprint density at radius 3 is 2.73 bits per heavy atom. The lowest BCUT2D eigenvalue weighted by atomic mass is 9.76. The van der Waals surface area contributed by atoms with Gasteiger partial charge in [0, 0.05) is 0 Å². The molecule has 2 atom stereocenters. The van der Waals surface area contributed by atoms with Crippen molar-refractivity contribution < 1.29 is 9.90 Å². The zero-order chi connectivity index (χ0) is 7.90. The van der Waals surface area contributed by atoms with Crippen LogP contribution in [0, 0.1) is 11.3 Å². The fourth-order valence-electron chi connectivity index (χ4n) is 2.73. The Kier molecular flexibility index (Phi) is 1.44. The molecule has 1 radical (unpaired) electrons. The van der Waals surface area contributed by atoms with Crippen molar-refractivity contribution >= 4 is 5.97 Å². The smallest absolute Gasteiger partial charge is 0.247 e. The van der Waals surface area contributed by atoms with Crippen LogP contribution in [-0.4, -0.2) is 5.97 Å². The van der Waals surface area contributed by atoms with Crippen LogP contribution in [0.5, 0.6) is 0 Å². The van der Waals surface area contributed by atoms with Gasteiger partial charge in [0.1, 0.15) is 0 Å². The number of carbonyl (C=O) groups is 1. The molecule has 0 N–H and O–H groups in total. The molecule has 2 fully saturated rings. The van der Waals surface area contributed by atoms with Crippen LogP contribution in [-0.2, 0) is 9.90 Å². The minimum atomic E-state index is -0.792. The van der Waals surface area contributed by atoms with Gasteiger partial charge in [-0.1, -0.05) is 12.8 Å². The summed E-state index contributed by atoms with van der Waals surface area (Å²) >= 11 is 0. The predicted octanol–water partition coefficient (Wildman–Crippen LogP) is 1.91. The summed E-state index contributed by atoms with van der Waals surface area (Å²) in [6.07, 6.45) is 6.10. The molecule has 2 aliphatic carbocycles. The normalized spacial score (nSPS) is 42.4. The highest BCUT2D eigenvalue weighted by Crippen LogP contribution is 2.51. The van der Waals surface area contributed by atoms with E-state index in [0.29, 0.717) is 5.92 Å². The summed E-state index contributed by atoms with van der Waals surface area (Å²) < 4.78 is 0. The number of hydrogen-bond donors (Lipinski definition) is 0. The second kappa shape index (κ2) is 2.23. The topological polar surface area (TPSA) is 37.0 Å². The van der Waals surface area contributed by atoms with Crippen molar-refractivity contribution in [2.24, 2.45) is 11.3 Å². The van der Waals surface area contributed by atoms with Crippen LogP contribution >= 0.6 is 0 Å². The summed E-state index contributed by atoms with van der Waals surface area (Å²) in [5.41, 5.74) is -0.400. The van der Waals surface area contributed by atoms with E-state index >= 15 is 0 Å². The first-order valence-corrected chi connectivity index (χ1v) is 4.44. The third-order valence-corrected chi connectivity index (χ3v) is 3.41. The standard InChI is InChI=1S/C9H13O2/c10-8(11)9-4-1-2-7(6-9)3-5-9/h7H,1-6H2. The van der Waals surface area contributed by atoms with Crippen LogP contribution in [0.25, 0.3) is 0 Å². The van der Waals surface area contributed by atoms with Gasteiger partial charge in [0.15, 0.2) is 0 Å². The first kappa shape index (κ1) is 7.14. The van der Waals surface area contributed by atoms with Crippen molar-refractivity contribution in [3.05, 3.63) is 0 Å². The lowest BCUT2D eigenvalue weighted by molar-refractivity contribution is -0.156. The second-order valence-corrected chi connectivity index (χ2v) is 4.07. The van der Waals surface area contributed by atoms with E-state index in [0.717, 1.165) is 32.1 Å². The zero-order valence-corrected chi connectivity index (χ0v) is 6.64. The van der Waals surface area contributed by atoms with Crippen molar-refractivity contribution in [3.63, 3.8) is 0 Å². The van der Waals surface area contributed by atoms with Gasteiger partial charge in [0.05, 0.1) is 5.41 Å². The van der Waals surface area contributed by atoms with E-state index in [1.807, 2.05) is 0 Å². The molecule has 2 nitrogen and oxygen atoms in total. The molecule has 2 aliphatic rings. The predicted molar refractivity (Wildman–Crippen MR) is 39.3 cm³/mol. The van der Waals surface area contributed by atoms with Crippen molar-refractivity contribution in [1.29, 1.82) is 0 Å². The molecule has 61 valence electrons. The molecule has 2 heteroatoms. The van der Waals surface area contributed by atoms with Gasteiger partial charge in [-0.3, -0.25) is 0 Å². The van der Waals surface area contributed by atoms with E-state index in [-0.39, 0.29) is 0 Å². The van der Waals surface area contributed by atoms with E-state index in [4.69, 9.17) is 0 Å². The van der Waals surface area contributed by atoms with Gasteiger partial charge in [-0.25, -0.2) is 9.90 Å². The largest absolute Gasteiger partial charge is 0.361 e. The van der Waals surface area contributed by atoms with Gasteiger partial charge in [0.2, 0.25) is 0 Å². The molecular formula is C9H13O2. The SMILES string of the molecule is [O]C(=O)C12CCCC(CC1)C2. The maximum absolute atomic E-state index is 10.8. The van der Waals surface area contributed by atoms with E-state index in [1.54, 1.807) is 0 Å². The second-order valence-electron chi connectivity index (χ2n) is 4.07. The molecule has 0 spiro atoms. The van der Waals surface area contributed by atoms with Gasteiger partial charge in [-0.15, -0.1) is 0 Å². The molecule has 0 heterocycles. The zero-order valence-electron chi connectivity index (χ0n) is 6.64. The first-order chi connectivity index (χ1) is 5.23. The first-order valence-electron chi connectivity index (χ1n) is 4.44. The maximum atomic E-state index is 10.8. The number of fused-ring (bicyclic) bond motifs is 2. The lowest BCUT2D eigenvalue weighted by Gasteiger charge is -2.27. The summed E-state index contributed by atoms with van der Waals surface area (Å²) in [6.45, 7) is 0. The molecule has 2 rings (SSSR count). The Balaban J connectivity index is 2.19. The summed E-state index contributed by atoms with van der Waals surface area (Å²) in [7, 11) is 0. The van der Waals surface area contributed by atoms with E-state index in [9.17, 15) is 9.90 Å². The van der Waals surface area contributed by atoms with Gasteiger partial charge in [-0.2, -0.15) is 0 Å². The maximum Gasteiger partial charge on any atom is 0.361 e. The van der Waals surface area contributed by atoms with E-state index in [2.05, 4.69) is 0 Å². The van der Waals surface area contributed by atoms with Crippen LogP contribution in [0.1, 0.15) is 38.5 Å². The summed E-state index contributed by atoms with van der Waals surface area (Å²) in [6, 6.07) is 0. The highest BCUT2D eigenvalue weighted by atomic mass is 16.4. The summed E-state index contributed by atoms with van der Waals surface area (Å²) in [5.74, 6) is -0.0960. The molecule has 0 aromatic rings. The third kappa shape index (κ3) is 0.959. The highest BCUT2D eigenvalue weighted by molar-refractivity contribution is 5.74. The minimum absolute atomic E-state index is 0.400. The number of carbonyl (C=O) groups excluding carboxylic acids is 1. The molecule has 2 unspecified atom stereocenters. The van der Waals surface area contributed by atoms with Crippen molar-refractivity contribution in [3.8, 4) is 0 Å². The van der Waals surface area contributed by atoms with Gasteiger partial charge in [-0.05, 0) is 31.6 Å². The van der Waals surface area contributed by atoms with Crippen molar-refractivity contribution in [1.82, 2.24) is 0 Å². The third-order valence-electron chi connectivity index (χ3n) is 3.41. The Labute approximate surface area is 66.6 Å². The fourth-order valence-corrected chi connectivity index (χ4v) is 2.73. The summed E-state index contributed by atoms with van der Waals surface area (Å²) in [5, 5.41) is 10.8.